The number of piperazine rings is 1. The van der Waals surface area contributed by atoms with Crippen LogP contribution in [0.5, 0.6) is 0 Å². The minimum atomic E-state index is -0.248. The smallest absolute Gasteiger partial charge is 0.258 e. The van der Waals surface area contributed by atoms with Crippen molar-refractivity contribution >= 4 is 34.8 Å². The number of likely N-dealkylation sites (N-methyl/N-ethyl adjacent to an activating group) is 1. The molecule has 1 aliphatic heterocycles. The summed E-state index contributed by atoms with van der Waals surface area (Å²) in [5.41, 5.74) is 0.450. The maximum atomic E-state index is 12.1. The molecule has 1 aromatic carbocycles. The van der Waals surface area contributed by atoms with Gasteiger partial charge in [-0.05, 0) is 24.4 Å². The van der Waals surface area contributed by atoms with Crippen molar-refractivity contribution < 1.29 is 9.69 Å². The average molecular weight is 299 g/mol. The highest BCUT2D eigenvalue weighted by Crippen LogP contribution is 2.14. The number of carbonyl (C=O) groups excluding carboxylic acids is 1. The van der Waals surface area contributed by atoms with Crippen LogP contribution in [0.1, 0.15) is 10.4 Å². The molecule has 19 heavy (non-hydrogen) atoms. The highest BCUT2D eigenvalue weighted by Gasteiger charge is 2.20. The number of nitrogens with zero attached hydrogens (tertiary/aromatic N) is 1. The first-order valence-corrected chi connectivity index (χ1v) is 7.02. The molecule has 6 heteroatoms. The molecular weight excluding hydrogens is 282 g/mol. The molecule has 1 heterocycles. The summed E-state index contributed by atoms with van der Waals surface area (Å²) >= 11 is 11.3. The standard InChI is InChI=1S/C13H16ClN3OS/c1-16-6-8-17(9-7-16)13(19)15-12(18)10-4-2-3-5-11(10)14/h2-5H,6-9H2,1H3,(H,15,18,19)/p+1. The van der Waals surface area contributed by atoms with Crippen molar-refractivity contribution in [2.45, 2.75) is 0 Å². The van der Waals surface area contributed by atoms with E-state index in [-0.39, 0.29) is 5.91 Å². The van der Waals surface area contributed by atoms with Gasteiger partial charge in [-0.25, -0.2) is 0 Å². The molecule has 102 valence electrons. The number of rotatable bonds is 1. The van der Waals surface area contributed by atoms with Gasteiger partial charge in [0.15, 0.2) is 5.11 Å². The second-order valence-corrected chi connectivity index (χ2v) is 5.48. The first-order chi connectivity index (χ1) is 9.08. The number of thiocarbonyl (C=S) groups is 1. The van der Waals surface area contributed by atoms with Gasteiger partial charge in [-0.2, -0.15) is 0 Å². The van der Waals surface area contributed by atoms with E-state index in [1.807, 2.05) is 4.90 Å². The van der Waals surface area contributed by atoms with E-state index >= 15 is 0 Å². The van der Waals surface area contributed by atoms with Gasteiger partial charge in [-0.15, -0.1) is 0 Å². The minimum Gasteiger partial charge on any atom is -0.338 e. The Labute approximate surface area is 123 Å². The number of hydrogen-bond acceptors (Lipinski definition) is 2. The van der Waals surface area contributed by atoms with Crippen molar-refractivity contribution in [3.05, 3.63) is 34.9 Å². The van der Waals surface area contributed by atoms with Gasteiger partial charge >= 0.3 is 0 Å². The highest BCUT2D eigenvalue weighted by atomic mass is 35.5. The molecule has 0 spiro atoms. The Hall–Kier alpha value is -1.17. The summed E-state index contributed by atoms with van der Waals surface area (Å²) < 4.78 is 0. The number of nitrogens with one attached hydrogen (secondary N) is 2. The van der Waals surface area contributed by atoms with Gasteiger partial charge in [-0.3, -0.25) is 10.1 Å². The molecular formula is C13H17ClN3OS+. The number of halogens is 1. The van der Waals surface area contributed by atoms with Crippen molar-refractivity contribution in [1.29, 1.82) is 0 Å². The van der Waals surface area contributed by atoms with Crippen LogP contribution < -0.4 is 10.2 Å². The summed E-state index contributed by atoms with van der Waals surface area (Å²) in [6.07, 6.45) is 0. The summed E-state index contributed by atoms with van der Waals surface area (Å²) in [5, 5.41) is 3.67. The molecule has 1 aromatic rings. The molecule has 0 aromatic heterocycles. The van der Waals surface area contributed by atoms with Crippen molar-refractivity contribution in [1.82, 2.24) is 10.2 Å². The van der Waals surface area contributed by atoms with Crippen molar-refractivity contribution in [2.75, 3.05) is 33.2 Å². The van der Waals surface area contributed by atoms with Gasteiger partial charge in [-0.1, -0.05) is 23.7 Å². The second kappa shape index (κ2) is 6.32. The molecule has 0 unspecified atom stereocenters. The molecule has 1 saturated heterocycles. The molecule has 2 N–H and O–H groups in total. The molecule has 2 rings (SSSR count). The van der Waals surface area contributed by atoms with Gasteiger partial charge in [0.2, 0.25) is 0 Å². The lowest BCUT2D eigenvalue weighted by Crippen LogP contribution is -3.12. The maximum Gasteiger partial charge on any atom is 0.258 e. The fourth-order valence-electron chi connectivity index (χ4n) is 1.98. The van der Waals surface area contributed by atoms with Gasteiger partial charge in [0.05, 0.1) is 43.8 Å². The average Bonchev–Trinajstić information content (AvgIpc) is 2.39. The highest BCUT2D eigenvalue weighted by molar-refractivity contribution is 7.80. The largest absolute Gasteiger partial charge is 0.338 e. The van der Waals surface area contributed by atoms with Crippen LogP contribution in [0.4, 0.5) is 0 Å². The molecule has 0 radical (unpaired) electrons. The Kier molecular flexibility index (Phi) is 4.74. The number of quaternary nitrogens is 1. The first-order valence-electron chi connectivity index (χ1n) is 6.24. The van der Waals surface area contributed by atoms with Gasteiger partial charge in [0.1, 0.15) is 0 Å². The predicted molar refractivity (Wildman–Crippen MR) is 79.7 cm³/mol. The Morgan fingerprint density at radius 3 is 2.63 bits per heavy atom. The normalized spacial score (nSPS) is 16.2. The fraction of sp³-hybridized carbons (Fsp3) is 0.385. The first kappa shape index (κ1) is 14.2. The van der Waals surface area contributed by atoms with E-state index in [2.05, 4.69) is 12.4 Å². The molecule has 0 bridgehead atoms. The number of hydrogen-bond donors (Lipinski definition) is 2. The quantitative estimate of drug-likeness (QED) is 0.727. The molecule has 0 aliphatic carbocycles. The fourth-order valence-corrected chi connectivity index (χ4v) is 2.48. The molecule has 1 aliphatic rings. The van der Waals surface area contributed by atoms with Crippen LogP contribution in [-0.4, -0.2) is 49.1 Å². The Morgan fingerprint density at radius 1 is 1.37 bits per heavy atom. The summed E-state index contributed by atoms with van der Waals surface area (Å²) in [6.45, 7) is 3.80. The Bertz CT molecular complexity index is 487. The van der Waals surface area contributed by atoms with E-state index < -0.39 is 0 Å². The van der Waals surface area contributed by atoms with E-state index in [0.29, 0.717) is 15.7 Å². The van der Waals surface area contributed by atoms with Crippen LogP contribution in [0.15, 0.2) is 24.3 Å². The van der Waals surface area contributed by atoms with Crippen molar-refractivity contribution in [2.24, 2.45) is 0 Å². The van der Waals surface area contributed by atoms with Gasteiger partial charge in [0.25, 0.3) is 5.91 Å². The van der Waals surface area contributed by atoms with E-state index in [1.54, 1.807) is 24.3 Å². The van der Waals surface area contributed by atoms with Gasteiger partial charge in [0, 0.05) is 0 Å². The molecule has 1 fully saturated rings. The number of benzene rings is 1. The molecule has 4 nitrogen and oxygen atoms in total. The summed E-state index contributed by atoms with van der Waals surface area (Å²) in [4.78, 5) is 15.6. The van der Waals surface area contributed by atoms with Crippen LogP contribution in [0, 0.1) is 0 Å². The lowest BCUT2D eigenvalue weighted by atomic mass is 10.2. The summed E-state index contributed by atoms with van der Waals surface area (Å²) in [5.74, 6) is -0.248. The molecule has 0 atom stereocenters. The Morgan fingerprint density at radius 2 is 2.00 bits per heavy atom. The van der Waals surface area contributed by atoms with E-state index in [9.17, 15) is 4.79 Å². The van der Waals surface area contributed by atoms with E-state index in [1.165, 1.54) is 4.90 Å². The Balaban J connectivity index is 1.96. The van der Waals surface area contributed by atoms with Crippen LogP contribution in [0.3, 0.4) is 0 Å². The van der Waals surface area contributed by atoms with Crippen LogP contribution in [-0.2, 0) is 0 Å². The minimum absolute atomic E-state index is 0.248. The lowest BCUT2D eigenvalue weighted by Gasteiger charge is -2.31. The molecule has 1 amide bonds. The SMILES string of the molecule is C[NH+]1CCN(C(=S)NC(=O)c2ccccc2Cl)CC1. The van der Waals surface area contributed by atoms with Crippen LogP contribution in [0.25, 0.3) is 0 Å². The van der Waals surface area contributed by atoms with Gasteiger partial charge < -0.3 is 9.80 Å². The third-order valence-corrected chi connectivity index (χ3v) is 3.93. The van der Waals surface area contributed by atoms with Crippen molar-refractivity contribution in [3.63, 3.8) is 0 Å². The zero-order chi connectivity index (χ0) is 13.8. The van der Waals surface area contributed by atoms with Crippen molar-refractivity contribution in [3.8, 4) is 0 Å². The second-order valence-electron chi connectivity index (χ2n) is 4.68. The summed E-state index contributed by atoms with van der Waals surface area (Å²) in [6, 6.07) is 6.96. The maximum absolute atomic E-state index is 12.1. The summed E-state index contributed by atoms with van der Waals surface area (Å²) in [7, 11) is 2.16. The van der Waals surface area contributed by atoms with Crippen LogP contribution >= 0.6 is 23.8 Å². The number of amides is 1. The zero-order valence-electron chi connectivity index (χ0n) is 10.8. The monoisotopic (exact) mass is 298 g/mol. The number of carbonyl (C=O) groups is 1. The predicted octanol–water partition coefficient (Wildman–Crippen LogP) is 0.185. The zero-order valence-corrected chi connectivity index (χ0v) is 12.4. The van der Waals surface area contributed by atoms with E-state index in [0.717, 1.165) is 26.2 Å². The molecule has 0 saturated carbocycles. The van der Waals surface area contributed by atoms with E-state index in [4.69, 9.17) is 23.8 Å². The topological polar surface area (TPSA) is 36.8 Å². The lowest BCUT2D eigenvalue weighted by molar-refractivity contribution is -0.883. The van der Waals surface area contributed by atoms with Crippen LogP contribution in [0.2, 0.25) is 5.02 Å². The third kappa shape index (κ3) is 3.65. The third-order valence-electron chi connectivity index (χ3n) is 3.24.